The summed E-state index contributed by atoms with van der Waals surface area (Å²) in [6.07, 6.45) is 1.25. The van der Waals surface area contributed by atoms with Crippen molar-refractivity contribution in [3.63, 3.8) is 0 Å². The molecule has 0 aliphatic carbocycles. The molecule has 8 heteroatoms. The van der Waals surface area contributed by atoms with E-state index in [-0.39, 0.29) is 5.57 Å². The number of anilines is 1. The topological polar surface area (TPSA) is 90.7 Å². The molecule has 0 atom stereocenters. The van der Waals surface area contributed by atoms with Gasteiger partial charge >= 0.3 is 11.9 Å². The van der Waals surface area contributed by atoms with Gasteiger partial charge in [0.2, 0.25) is 5.89 Å². The van der Waals surface area contributed by atoms with Crippen LogP contribution in [0.3, 0.4) is 0 Å². The Morgan fingerprint density at radius 3 is 2.39 bits per heavy atom. The highest BCUT2D eigenvalue weighted by atomic mass is 35.5. The van der Waals surface area contributed by atoms with Gasteiger partial charge in [0.25, 0.3) is 5.79 Å². The number of fused-ring (bicyclic) bond motifs is 1. The minimum atomic E-state index is -1.27. The minimum Gasteiger partial charge on any atom is -0.436 e. The molecular weight excluding hydrogens is 384 g/mol. The summed E-state index contributed by atoms with van der Waals surface area (Å²) in [7, 11) is 0. The van der Waals surface area contributed by atoms with Gasteiger partial charge in [-0.3, -0.25) is 0 Å². The number of cyclic esters (lactones) is 2. The Morgan fingerprint density at radius 1 is 1.04 bits per heavy atom. The average Bonchev–Trinajstić information content (AvgIpc) is 3.04. The minimum absolute atomic E-state index is 0.221. The third-order valence-electron chi connectivity index (χ3n) is 3.98. The van der Waals surface area contributed by atoms with Crippen LogP contribution in [0.5, 0.6) is 0 Å². The van der Waals surface area contributed by atoms with Gasteiger partial charge in [0.15, 0.2) is 11.2 Å². The molecule has 1 N–H and O–H groups in total. The van der Waals surface area contributed by atoms with Crippen LogP contribution in [0.15, 0.2) is 58.7 Å². The molecule has 142 valence electrons. The number of halogens is 1. The van der Waals surface area contributed by atoms with Gasteiger partial charge in [0.05, 0.1) is 0 Å². The first kappa shape index (κ1) is 18.1. The number of carbonyl (C=O) groups excluding carboxylic acids is 2. The summed E-state index contributed by atoms with van der Waals surface area (Å²) < 4.78 is 15.9. The van der Waals surface area contributed by atoms with E-state index in [4.69, 9.17) is 25.5 Å². The number of aromatic nitrogens is 1. The standard InChI is InChI=1S/C20H15ClN2O5/c1-20(2)27-18(24)14(19(25)28-20)10-22-13-7-8-16-15(9-13)23-17(26-16)11-3-5-12(21)6-4-11/h3-10,22H,1-2H3. The molecule has 7 nitrogen and oxygen atoms in total. The molecule has 1 aliphatic heterocycles. The number of hydrogen-bond acceptors (Lipinski definition) is 7. The second-order valence-corrected chi connectivity index (χ2v) is 7.03. The molecule has 0 amide bonds. The van der Waals surface area contributed by atoms with Crippen molar-refractivity contribution < 1.29 is 23.5 Å². The van der Waals surface area contributed by atoms with E-state index in [9.17, 15) is 9.59 Å². The molecular formula is C20H15ClN2O5. The molecule has 2 aromatic carbocycles. The summed E-state index contributed by atoms with van der Waals surface area (Å²) in [5, 5.41) is 3.52. The Bertz CT molecular complexity index is 1090. The second kappa shape index (κ2) is 6.69. The summed E-state index contributed by atoms with van der Waals surface area (Å²) >= 11 is 5.90. The molecule has 1 fully saturated rings. The van der Waals surface area contributed by atoms with Crippen molar-refractivity contribution in [3.8, 4) is 11.5 Å². The molecule has 1 aromatic heterocycles. The van der Waals surface area contributed by atoms with E-state index in [0.717, 1.165) is 5.56 Å². The summed E-state index contributed by atoms with van der Waals surface area (Å²) in [5.41, 5.74) is 2.40. The van der Waals surface area contributed by atoms with Gasteiger partial charge in [-0.25, -0.2) is 14.6 Å². The van der Waals surface area contributed by atoms with Crippen LogP contribution >= 0.6 is 11.6 Å². The third kappa shape index (κ3) is 3.57. The first-order chi connectivity index (χ1) is 13.3. The van der Waals surface area contributed by atoms with Gasteiger partial charge in [-0.15, -0.1) is 0 Å². The van der Waals surface area contributed by atoms with Crippen LogP contribution in [0.2, 0.25) is 5.02 Å². The van der Waals surface area contributed by atoms with Gasteiger partial charge in [-0.05, 0) is 42.5 Å². The van der Waals surface area contributed by atoms with Gasteiger partial charge in [-0.1, -0.05) is 11.6 Å². The predicted octanol–water partition coefficient (Wildman–Crippen LogP) is 4.28. The number of rotatable bonds is 3. The fourth-order valence-electron chi connectivity index (χ4n) is 2.67. The van der Waals surface area contributed by atoms with Crippen LogP contribution in [-0.2, 0) is 19.1 Å². The van der Waals surface area contributed by atoms with Crippen LogP contribution in [-0.4, -0.2) is 22.7 Å². The summed E-state index contributed by atoms with van der Waals surface area (Å²) in [6.45, 7) is 2.98. The van der Waals surface area contributed by atoms with Crippen LogP contribution in [0.4, 0.5) is 5.69 Å². The number of ether oxygens (including phenoxy) is 2. The van der Waals surface area contributed by atoms with E-state index < -0.39 is 17.7 Å². The van der Waals surface area contributed by atoms with Crippen molar-refractivity contribution in [1.82, 2.24) is 4.98 Å². The number of oxazole rings is 1. The third-order valence-corrected chi connectivity index (χ3v) is 4.23. The predicted molar refractivity (Wildman–Crippen MR) is 102 cm³/mol. The zero-order valence-corrected chi connectivity index (χ0v) is 15.7. The molecule has 0 radical (unpaired) electrons. The lowest BCUT2D eigenvalue weighted by Crippen LogP contribution is -2.42. The largest absolute Gasteiger partial charge is 0.436 e. The zero-order valence-electron chi connectivity index (χ0n) is 15.0. The molecule has 0 saturated carbocycles. The van der Waals surface area contributed by atoms with E-state index in [1.54, 1.807) is 30.3 Å². The van der Waals surface area contributed by atoms with Crippen LogP contribution in [0.1, 0.15) is 13.8 Å². The molecule has 3 aromatic rings. The van der Waals surface area contributed by atoms with E-state index >= 15 is 0 Å². The lowest BCUT2D eigenvalue weighted by atomic mass is 10.2. The maximum atomic E-state index is 12.0. The first-order valence-corrected chi connectivity index (χ1v) is 8.78. The number of nitrogens with one attached hydrogen (secondary N) is 1. The molecule has 0 spiro atoms. The first-order valence-electron chi connectivity index (χ1n) is 8.41. The Balaban J connectivity index is 1.57. The summed E-state index contributed by atoms with van der Waals surface area (Å²) in [6, 6.07) is 12.4. The van der Waals surface area contributed by atoms with E-state index in [1.807, 2.05) is 12.1 Å². The molecule has 4 rings (SSSR count). The molecule has 1 aliphatic rings. The number of benzene rings is 2. The zero-order chi connectivity index (χ0) is 19.9. The summed E-state index contributed by atoms with van der Waals surface area (Å²) in [5.74, 6) is -2.31. The summed E-state index contributed by atoms with van der Waals surface area (Å²) in [4.78, 5) is 28.4. The van der Waals surface area contributed by atoms with Crippen molar-refractivity contribution in [2.24, 2.45) is 0 Å². The van der Waals surface area contributed by atoms with Crippen LogP contribution < -0.4 is 5.32 Å². The van der Waals surface area contributed by atoms with Crippen molar-refractivity contribution in [1.29, 1.82) is 0 Å². The number of nitrogens with zero attached hydrogens (tertiary/aromatic N) is 1. The van der Waals surface area contributed by atoms with Crippen molar-refractivity contribution in [3.05, 3.63) is 59.3 Å². The smallest absolute Gasteiger partial charge is 0.350 e. The molecule has 28 heavy (non-hydrogen) atoms. The maximum Gasteiger partial charge on any atom is 0.350 e. The second-order valence-electron chi connectivity index (χ2n) is 6.59. The molecule has 2 heterocycles. The number of esters is 2. The van der Waals surface area contributed by atoms with Crippen molar-refractivity contribution in [2.45, 2.75) is 19.6 Å². The molecule has 0 bridgehead atoms. The molecule has 1 saturated heterocycles. The highest BCUT2D eigenvalue weighted by molar-refractivity contribution is 6.30. The quantitative estimate of drug-likeness (QED) is 0.400. The Kier molecular flexibility index (Phi) is 4.31. The van der Waals surface area contributed by atoms with Crippen molar-refractivity contribution in [2.75, 3.05) is 5.32 Å². The Labute approximate surface area is 164 Å². The SMILES string of the molecule is CC1(C)OC(=O)C(=CNc2ccc3oc(-c4ccc(Cl)cc4)nc3c2)C(=O)O1. The van der Waals surface area contributed by atoms with Crippen LogP contribution in [0.25, 0.3) is 22.6 Å². The van der Waals surface area contributed by atoms with Gasteiger partial charge in [0, 0.05) is 36.3 Å². The number of hydrogen-bond donors (Lipinski definition) is 1. The lowest BCUT2D eigenvalue weighted by Gasteiger charge is -2.29. The normalized spacial score (nSPS) is 15.9. The average molecular weight is 399 g/mol. The van der Waals surface area contributed by atoms with Gasteiger partial charge < -0.3 is 19.2 Å². The highest BCUT2D eigenvalue weighted by Gasteiger charge is 2.38. The van der Waals surface area contributed by atoms with Gasteiger partial charge in [0.1, 0.15) is 5.52 Å². The lowest BCUT2D eigenvalue weighted by molar-refractivity contribution is -0.222. The van der Waals surface area contributed by atoms with E-state index in [1.165, 1.54) is 20.0 Å². The van der Waals surface area contributed by atoms with Crippen LogP contribution in [0, 0.1) is 0 Å². The fourth-order valence-corrected chi connectivity index (χ4v) is 2.79. The van der Waals surface area contributed by atoms with E-state index in [2.05, 4.69) is 10.3 Å². The highest BCUT2D eigenvalue weighted by Crippen LogP contribution is 2.28. The van der Waals surface area contributed by atoms with Gasteiger partial charge in [-0.2, -0.15) is 0 Å². The van der Waals surface area contributed by atoms with Crippen molar-refractivity contribution >= 4 is 40.3 Å². The maximum absolute atomic E-state index is 12.0. The number of carbonyl (C=O) groups is 2. The van der Waals surface area contributed by atoms with E-state index in [0.29, 0.717) is 27.7 Å². The fraction of sp³-hybridized carbons (Fsp3) is 0.150. The molecule has 0 unspecified atom stereocenters. The monoisotopic (exact) mass is 398 g/mol. The Morgan fingerprint density at radius 2 is 1.71 bits per heavy atom. The Hall–Kier alpha value is -3.32.